The minimum absolute atomic E-state index is 0.574. The first-order valence-electron chi connectivity index (χ1n) is 8.88. The third-order valence-electron chi connectivity index (χ3n) is 4.61. The molecule has 0 saturated heterocycles. The number of hydrogen-bond acceptors (Lipinski definition) is 4. The topological polar surface area (TPSA) is 43.6 Å². The van der Waals surface area contributed by atoms with E-state index in [1.54, 1.807) is 11.3 Å². The Morgan fingerprint density at radius 1 is 1.15 bits per heavy atom. The number of aldehydes is 1. The summed E-state index contributed by atoms with van der Waals surface area (Å²) in [5.74, 6) is 0.811. The Labute approximate surface area is 162 Å². The number of rotatable bonds is 5. The van der Waals surface area contributed by atoms with E-state index >= 15 is 0 Å². The Kier molecular flexibility index (Phi) is 4.54. The molecule has 0 amide bonds. The van der Waals surface area contributed by atoms with Crippen molar-refractivity contribution in [3.63, 3.8) is 0 Å². The van der Waals surface area contributed by atoms with Crippen LogP contribution in [0.3, 0.4) is 0 Å². The van der Waals surface area contributed by atoms with Gasteiger partial charge in [0.2, 0.25) is 0 Å². The van der Waals surface area contributed by atoms with E-state index in [9.17, 15) is 4.79 Å². The standard InChI is InChI=1S/C22H20N2O2S/c1-4-26-17-8-6-16(7-9-17)21-19(12-25)24-20(13-27-22(24)23-21)18-10-5-14(2)11-15(18)3/h5-13H,4H2,1-3H3. The molecule has 4 rings (SSSR count). The summed E-state index contributed by atoms with van der Waals surface area (Å²) in [6, 6.07) is 14.1. The molecule has 0 aliphatic rings. The number of fused-ring (bicyclic) bond motifs is 1. The molecule has 0 atom stereocenters. The van der Waals surface area contributed by atoms with Gasteiger partial charge in [-0.05, 0) is 50.6 Å². The molecule has 136 valence electrons. The molecule has 0 aliphatic carbocycles. The summed E-state index contributed by atoms with van der Waals surface area (Å²) in [7, 11) is 0. The highest BCUT2D eigenvalue weighted by atomic mass is 32.1. The lowest BCUT2D eigenvalue weighted by atomic mass is 10.0. The first kappa shape index (κ1) is 17.5. The van der Waals surface area contributed by atoms with Crippen molar-refractivity contribution >= 4 is 22.6 Å². The van der Waals surface area contributed by atoms with Gasteiger partial charge in [0.05, 0.1) is 12.3 Å². The smallest absolute Gasteiger partial charge is 0.195 e. The number of carbonyl (C=O) groups excluding carboxylic acids is 1. The number of ether oxygens (including phenoxy) is 1. The molecule has 0 fully saturated rings. The van der Waals surface area contributed by atoms with E-state index in [0.29, 0.717) is 18.0 Å². The van der Waals surface area contributed by atoms with Crippen molar-refractivity contribution in [1.29, 1.82) is 0 Å². The van der Waals surface area contributed by atoms with E-state index < -0.39 is 0 Å². The molecular formula is C22H20N2O2S. The van der Waals surface area contributed by atoms with Crippen LogP contribution in [0.5, 0.6) is 5.75 Å². The second-order valence-electron chi connectivity index (χ2n) is 6.48. The summed E-state index contributed by atoms with van der Waals surface area (Å²) < 4.78 is 7.46. The second kappa shape index (κ2) is 7.00. The molecule has 0 spiro atoms. The molecule has 0 saturated carbocycles. The number of carbonyl (C=O) groups is 1. The van der Waals surface area contributed by atoms with Gasteiger partial charge in [0.1, 0.15) is 17.1 Å². The molecule has 5 heteroatoms. The molecule has 27 heavy (non-hydrogen) atoms. The van der Waals surface area contributed by atoms with Gasteiger partial charge in [0.25, 0.3) is 0 Å². The Morgan fingerprint density at radius 2 is 1.93 bits per heavy atom. The Hall–Kier alpha value is -2.92. The summed E-state index contributed by atoms with van der Waals surface area (Å²) >= 11 is 1.55. The molecule has 4 aromatic rings. The number of thiazole rings is 1. The number of aromatic nitrogens is 2. The highest BCUT2D eigenvalue weighted by Crippen LogP contribution is 2.34. The number of hydrogen-bond donors (Lipinski definition) is 0. The molecule has 0 aliphatic heterocycles. The maximum atomic E-state index is 12.0. The Morgan fingerprint density at radius 3 is 2.59 bits per heavy atom. The summed E-state index contributed by atoms with van der Waals surface area (Å²) in [5.41, 5.74) is 6.70. The van der Waals surface area contributed by atoms with Gasteiger partial charge >= 0.3 is 0 Å². The number of nitrogens with zero attached hydrogens (tertiary/aromatic N) is 2. The predicted molar refractivity (Wildman–Crippen MR) is 110 cm³/mol. The average molecular weight is 376 g/mol. The summed E-state index contributed by atoms with van der Waals surface area (Å²) in [5, 5.41) is 2.06. The van der Waals surface area contributed by atoms with Crippen molar-refractivity contribution < 1.29 is 9.53 Å². The zero-order chi connectivity index (χ0) is 19.0. The molecule has 0 N–H and O–H groups in total. The van der Waals surface area contributed by atoms with Crippen LogP contribution in [0.2, 0.25) is 0 Å². The fourth-order valence-corrected chi connectivity index (χ4v) is 4.26. The van der Waals surface area contributed by atoms with E-state index in [0.717, 1.165) is 33.8 Å². The average Bonchev–Trinajstić information content (AvgIpc) is 3.22. The lowest BCUT2D eigenvalue weighted by Crippen LogP contribution is -1.96. The third-order valence-corrected chi connectivity index (χ3v) is 5.43. The Balaban J connectivity index is 1.87. The van der Waals surface area contributed by atoms with Crippen LogP contribution in [0.4, 0.5) is 0 Å². The summed E-state index contributed by atoms with van der Waals surface area (Å²) in [6.07, 6.45) is 0.894. The molecule has 2 aromatic carbocycles. The zero-order valence-corrected chi connectivity index (χ0v) is 16.3. The maximum absolute atomic E-state index is 12.0. The minimum atomic E-state index is 0.574. The monoisotopic (exact) mass is 376 g/mol. The van der Waals surface area contributed by atoms with Crippen LogP contribution < -0.4 is 4.74 Å². The van der Waals surface area contributed by atoms with Crippen molar-refractivity contribution in [2.45, 2.75) is 20.8 Å². The second-order valence-corrected chi connectivity index (χ2v) is 7.31. The van der Waals surface area contributed by atoms with Crippen LogP contribution >= 0.6 is 11.3 Å². The van der Waals surface area contributed by atoms with Crippen LogP contribution in [0.25, 0.3) is 27.5 Å². The van der Waals surface area contributed by atoms with Crippen LogP contribution in [-0.4, -0.2) is 22.3 Å². The molecule has 0 radical (unpaired) electrons. The lowest BCUT2D eigenvalue weighted by Gasteiger charge is -2.07. The van der Waals surface area contributed by atoms with Crippen molar-refractivity contribution in [1.82, 2.24) is 9.38 Å². The fourth-order valence-electron chi connectivity index (χ4n) is 3.37. The molecule has 2 aromatic heterocycles. The normalized spacial score (nSPS) is 11.1. The largest absolute Gasteiger partial charge is 0.494 e. The number of imidazole rings is 1. The molecule has 4 nitrogen and oxygen atoms in total. The van der Waals surface area contributed by atoms with E-state index in [4.69, 9.17) is 9.72 Å². The van der Waals surface area contributed by atoms with Crippen LogP contribution in [0.15, 0.2) is 47.8 Å². The van der Waals surface area contributed by atoms with Gasteiger partial charge in [-0.2, -0.15) is 0 Å². The van der Waals surface area contributed by atoms with Crippen LogP contribution in [-0.2, 0) is 0 Å². The molecule has 2 heterocycles. The SMILES string of the molecule is CCOc1ccc(-c2nc3scc(-c4ccc(C)cc4C)n3c2C=O)cc1. The van der Waals surface area contributed by atoms with Crippen LogP contribution in [0.1, 0.15) is 28.5 Å². The zero-order valence-electron chi connectivity index (χ0n) is 15.5. The highest BCUT2D eigenvalue weighted by Gasteiger charge is 2.19. The van der Waals surface area contributed by atoms with Crippen molar-refractivity contribution in [2.75, 3.05) is 6.61 Å². The fraction of sp³-hybridized carbons (Fsp3) is 0.182. The van der Waals surface area contributed by atoms with Gasteiger partial charge in [-0.15, -0.1) is 11.3 Å². The molecule has 0 bridgehead atoms. The maximum Gasteiger partial charge on any atom is 0.195 e. The summed E-state index contributed by atoms with van der Waals surface area (Å²) in [6.45, 7) is 6.75. The highest BCUT2D eigenvalue weighted by molar-refractivity contribution is 7.15. The first-order valence-corrected chi connectivity index (χ1v) is 9.76. The van der Waals surface area contributed by atoms with E-state index in [1.807, 2.05) is 35.6 Å². The minimum Gasteiger partial charge on any atom is -0.494 e. The van der Waals surface area contributed by atoms with Gasteiger partial charge < -0.3 is 4.74 Å². The van der Waals surface area contributed by atoms with Crippen molar-refractivity contribution in [3.05, 3.63) is 64.7 Å². The van der Waals surface area contributed by atoms with E-state index in [-0.39, 0.29) is 0 Å². The van der Waals surface area contributed by atoms with Gasteiger partial charge in [-0.1, -0.05) is 23.8 Å². The quantitative estimate of drug-likeness (QED) is 0.428. The Bertz CT molecular complexity index is 1120. The predicted octanol–water partition coefficient (Wildman–Crippen LogP) is 5.56. The molecular weight excluding hydrogens is 356 g/mol. The van der Waals surface area contributed by atoms with Gasteiger partial charge in [-0.3, -0.25) is 9.20 Å². The number of benzene rings is 2. The van der Waals surface area contributed by atoms with Crippen molar-refractivity contribution in [2.24, 2.45) is 0 Å². The van der Waals surface area contributed by atoms with E-state index in [1.165, 1.54) is 11.1 Å². The van der Waals surface area contributed by atoms with Crippen LogP contribution in [0, 0.1) is 13.8 Å². The summed E-state index contributed by atoms with van der Waals surface area (Å²) in [4.78, 5) is 17.5. The lowest BCUT2D eigenvalue weighted by molar-refractivity contribution is 0.111. The van der Waals surface area contributed by atoms with E-state index in [2.05, 4.69) is 37.4 Å². The first-order chi connectivity index (χ1) is 13.1. The molecule has 0 unspecified atom stereocenters. The third kappa shape index (κ3) is 3.04. The van der Waals surface area contributed by atoms with Gasteiger partial charge in [0.15, 0.2) is 11.2 Å². The number of aryl methyl sites for hydroxylation is 2. The van der Waals surface area contributed by atoms with Gasteiger partial charge in [-0.25, -0.2) is 4.98 Å². The van der Waals surface area contributed by atoms with Crippen molar-refractivity contribution in [3.8, 4) is 28.3 Å². The van der Waals surface area contributed by atoms with Gasteiger partial charge in [0, 0.05) is 16.5 Å².